The normalized spacial score (nSPS) is 12.7. The molecule has 0 radical (unpaired) electrons. The highest BCUT2D eigenvalue weighted by Crippen LogP contribution is 2.25. The molecular weight excluding hydrogens is 536 g/mol. The van der Waals surface area contributed by atoms with Crippen molar-refractivity contribution in [3.05, 3.63) is 0 Å². The molecule has 4 heteroatoms. The lowest BCUT2D eigenvalue weighted by molar-refractivity contribution is 0.309. The quantitative estimate of drug-likeness (QED) is 0.0521. The Hall–Kier alpha value is -0.0900. The summed E-state index contributed by atoms with van der Waals surface area (Å²) in [5, 5.41) is 0. The minimum absolute atomic E-state index is 0.346. The van der Waals surface area contributed by atoms with Gasteiger partial charge in [0.05, 0.1) is 12.9 Å². The maximum absolute atomic E-state index is 11.0. The summed E-state index contributed by atoms with van der Waals surface area (Å²) in [6.45, 7) is 4.95. The molecule has 3 nitrogen and oxygen atoms in total. The molecule has 0 aliphatic carbocycles. The van der Waals surface area contributed by atoms with Gasteiger partial charge in [0.2, 0.25) is 0 Å². The van der Waals surface area contributed by atoms with Gasteiger partial charge >= 0.3 is 0 Å². The maximum Gasteiger partial charge on any atom is 0.264 e. The van der Waals surface area contributed by atoms with Gasteiger partial charge in [-0.25, -0.2) is 0 Å². The Balaban J connectivity index is 3.85. The van der Waals surface area contributed by atoms with Crippen molar-refractivity contribution < 1.29 is 12.6 Å². The fourth-order valence-corrected chi connectivity index (χ4v) is 6.85. The van der Waals surface area contributed by atoms with E-state index in [0.29, 0.717) is 6.61 Å². The number of hydrogen-bond acceptors (Lipinski definition) is 3. The molecule has 0 heterocycles. The van der Waals surface area contributed by atoms with Crippen molar-refractivity contribution in [2.45, 2.75) is 226 Å². The van der Waals surface area contributed by atoms with Crippen LogP contribution in [-0.2, 0) is 14.3 Å². The van der Waals surface area contributed by atoms with Crippen LogP contribution >= 0.6 is 0 Å². The summed E-state index contributed by atoms with van der Waals surface area (Å²) in [6, 6.07) is 0. The van der Waals surface area contributed by atoms with Gasteiger partial charge < -0.3 is 0 Å². The summed E-state index contributed by atoms with van der Waals surface area (Å²) in [5.41, 5.74) is 0. The lowest BCUT2D eigenvalue weighted by atomic mass is 9.89. The summed E-state index contributed by atoms with van der Waals surface area (Å²) < 4.78 is 26.9. The fourth-order valence-electron chi connectivity index (χ4n) is 6.43. The molecule has 0 saturated carbocycles. The predicted octanol–water partition coefficient (Wildman–Crippen LogP) is 13.5. The first-order valence-electron chi connectivity index (χ1n) is 19.3. The molecule has 0 aliphatic heterocycles. The fraction of sp³-hybridized carbons (Fsp3) is 1.00. The van der Waals surface area contributed by atoms with Crippen molar-refractivity contribution in [1.82, 2.24) is 0 Å². The first kappa shape index (κ1) is 41.9. The zero-order valence-electron chi connectivity index (χ0n) is 29.3. The number of rotatable bonds is 36. The molecule has 1 atom stereocenters. The van der Waals surface area contributed by atoms with Gasteiger partial charge in [0, 0.05) is 0 Å². The SMILES string of the molecule is CCCCCCCCCCCCCCCCCCC(CCCCCCCCCC)CCCCCCCCOS(C)(=O)=O. The Morgan fingerprint density at radius 2 is 0.619 bits per heavy atom. The van der Waals surface area contributed by atoms with Gasteiger partial charge in [0.25, 0.3) is 10.1 Å². The van der Waals surface area contributed by atoms with Crippen LogP contribution in [0.3, 0.4) is 0 Å². The molecule has 0 bridgehead atoms. The first-order valence-corrected chi connectivity index (χ1v) is 21.2. The molecule has 0 spiro atoms. The Morgan fingerprint density at radius 3 is 0.881 bits per heavy atom. The highest BCUT2D eigenvalue weighted by Gasteiger charge is 2.09. The third kappa shape index (κ3) is 36.1. The molecule has 0 amide bonds. The number of unbranched alkanes of at least 4 members (excludes halogenated alkanes) is 27. The van der Waals surface area contributed by atoms with Gasteiger partial charge in [-0.05, 0) is 12.3 Å². The summed E-state index contributed by atoms with van der Waals surface area (Å²) in [6.07, 6.45) is 47.2. The van der Waals surface area contributed by atoms with Crippen LogP contribution in [0.25, 0.3) is 0 Å². The Morgan fingerprint density at radius 1 is 0.381 bits per heavy atom. The van der Waals surface area contributed by atoms with Crippen molar-refractivity contribution >= 4 is 10.1 Å². The highest BCUT2D eigenvalue weighted by molar-refractivity contribution is 7.85. The van der Waals surface area contributed by atoms with Gasteiger partial charge in [0.1, 0.15) is 0 Å². The molecule has 1 unspecified atom stereocenters. The van der Waals surface area contributed by atoms with E-state index in [9.17, 15) is 8.42 Å². The molecular formula is C38H78O3S. The minimum atomic E-state index is -3.28. The summed E-state index contributed by atoms with van der Waals surface area (Å²) >= 11 is 0. The standard InChI is InChI=1S/C38H78O3S/c1-4-6-8-10-12-14-15-16-17-18-19-20-21-23-27-31-35-38(34-30-26-22-13-11-9-7-5-2)36-32-28-24-25-29-33-37-41-42(3,39)40/h38H,4-37H2,1-3H3. The second-order valence-corrected chi connectivity index (χ2v) is 15.3. The Bertz CT molecular complexity index is 603. The van der Waals surface area contributed by atoms with Crippen molar-refractivity contribution in [3.8, 4) is 0 Å². The molecule has 0 aliphatic rings. The van der Waals surface area contributed by atoms with E-state index in [1.807, 2.05) is 0 Å². The average molecular weight is 615 g/mol. The van der Waals surface area contributed by atoms with Gasteiger partial charge in [-0.2, -0.15) is 8.42 Å². The second kappa shape index (κ2) is 33.8. The van der Waals surface area contributed by atoms with Crippen LogP contribution < -0.4 is 0 Å². The zero-order chi connectivity index (χ0) is 30.8. The Labute approximate surface area is 266 Å². The molecule has 0 aromatic rings. The van der Waals surface area contributed by atoms with E-state index < -0.39 is 10.1 Å². The average Bonchev–Trinajstić information content (AvgIpc) is 2.96. The van der Waals surface area contributed by atoms with Gasteiger partial charge in [-0.1, -0.05) is 219 Å². The van der Waals surface area contributed by atoms with Crippen LogP contribution in [0.15, 0.2) is 0 Å². The zero-order valence-corrected chi connectivity index (χ0v) is 30.1. The molecule has 0 rings (SSSR count). The molecule has 0 aromatic heterocycles. The van der Waals surface area contributed by atoms with E-state index in [0.717, 1.165) is 25.0 Å². The molecule has 42 heavy (non-hydrogen) atoms. The van der Waals surface area contributed by atoms with Crippen molar-refractivity contribution in [1.29, 1.82) is 0 Å². The summed E-state index contributed by atoms with van der Waals surface area (Å²) in [5.74, 6) is 0.944. The van der Waals surface area contributed by atoms with E-state index in [2.05, 4.69) is 13.8 Å². The third-order valence-corrected chi connectivity index (χ3v) is 9.83. The van der Waals surface area contributed by atoms with Crippen molar-refractivity contribution in [2.75, 3.05) is 12.9 Å². The van der Waals surface area contributed by atoms with Crippen LogP contribution in [0.4, 0.5) is 0 Å². The van der Waals surface area contributed by atoms with Crippen LogP contribution in [0.5, 0.6) is 0 Å². The van der Waals surface area contributed by atoms with Crippen LogP contribution in [-0.4, -0.2) is 21.3 Å². The van der Waals surface area contributed by atoms with Crippen LogP contribution in [0, 0.1) is 5.92 Å². The molecule has 0 fully saturated rings. The maximum atomic E-state index is 11.0. The topological polar surface area (TPSA) is 43.4 Å². The van der Waals surface area contributed by atoms with E-state index in [1.54, 1.807) is 0 Å². The predicted molar refractivity (Wildman–Crippen MR) is 188 cm³/mol. The lowest BCUT2D eigenvalue weighted by Crippen LogP contribution is -2.04. The van der Waals surface area contributed by atoms with Crippen LogP contribution in [0.1, 0.15) is 226 Å². The van der Waals surface area contributed by atoms with E-state index in [1.165, 1.54) is 199 Å². The summed E-state index contributed by atoms with van der Waals surface area (Å²) in [4.78, 5) is 0. The summed E-state index contributed by atoms with van der Waals surface area (Å²) in [7, 11) is -3.28. The smallest absolute Gasteiger partial charge is 0.264 e. The molecule has 0 aromatic carbocycles. The monoisotopic (exact) mass is 615 g/mol. The minimum Gasteiger partial charge on any atom is -0.270 e. The van der Waals surface area contributed by atoms with E-state index >= 15 is 0 Å². The second-order valence-electron chi connectivity index (χ2n) is 13.7. The number of hydrogen-bond donors (Lipinski definition) is 0. The lowest BCUT2D eigenvalue weighted by Gasteiger charge is -2.17. The van der Waals surface area contributed by atoms with Gasteiger partial charge in [-0.3, -0.25) is 4.18 Å². The van der Waals surface area contributed by atoms with Crippen LogP contribution in [0.2, 0.25) is 0 Å². The third-order valence-electron chi connectivity index (χ3n) is 9.24. The Kier molecular flexibility index (Phi) is 33.7. The highest BCUT2D eigenvalue weighted by atomic mass is 32.2. The van der Waals surface area contributed by atoms with E-state index in [-0.39, 0.29) is 0 Å². The van der Waals surface area contributed by atoms with Gasteiger partial charge in [-0.15, -0.1) is 0 Å². The van der Waals surface area contributed by atoms with Crippen molar-refractivity contribution in [2.24, 2.45) is 5.92 Å². The molecule has 254 valence electrons. The van der Waals surface area contributed by atoms with Gasteiger partial charge in [0.15, 0.2) is 0 Å². The largest absolute Gasteiger partial charge is 0.270 e. The first-order chi connectivity index (χ1) is 20.5. The van der Waals surface area contributed by atoms with E-state index in [4.69, 9.17) is 4.18 Å². The van der Waals surface area contributed by atoms with Crippen molar-refractivity contribution in [3.63, 3.8) is 0 Å². The molecule has 0 saturated heterocycles. The molecule has 0 N–H and O–H groups in total.